The Balaban J connectivity index is 1.60. The molecule has 1 aliphatic heterocycles. The van der Waals surface area contributed by atoms with E-state index in [1.165, 1.54) is 24.3 Å². The Hall–Kier alpha value is -2.60. The van der Waals surface area contributed by atoms with Crippen LogP contribution in [-0.4, -0.2) is 12.5 Å². The Kier molecular flexibility index (Phi) is 8.09. The molecule has 0 bridgehead atoms. The SMILES string of the molecule is O=C1c2ccc(F)cc2CCCCC(Cc2ccc(F)c(F)c2)CCCN1c1ccc(Br)cc1. The fourth-order valence-electron chi connectivity index (χ4n) is 4.73. The molecule has 0 spiro atoms. The van der Waals surface area contributed by atoms with Gasteiger partial charge in [-0.3, -0.25) is 4.79 Å². The van der Waals surface area contributed by atoms with E-state index in [0.717, 1.165) is 53.4 Å². The van der Waals surface area contributed by atoms with Gasteiger partial charge in [0.05, 0.1) is 0 Å². The summed E-state index contributed by atoms with van der Waals surface area (Å²) >= 11 is 3.44. The summed E-state index contributed by atoms with van der Waals surface area (Å²) in [5.74, 6) is -1.84. The van der Waals surface area contributed by atoms with Gasteiger partial charge in [-0.05, 0) is 104 Å². The average molecular weight is 530 g/mol. The number of carbonyl (C=O) groups excluding carboxylic acids is 1. The van der Waals surface area contributed by atoms with Crippen molar-refractivity contribution < 1.29 is 18.0 Å². The van der Waals surface area contributed by atoms with Crippen LogP contribution < -0.4 is 4.90 Å². The third kappa shape index (κ3) is 6.09. The first-order valence-corrected chi connectivity index (χ1v) is 12.5. The van der Waals surface area contributed by atoms with E-state index in [1.54, 1.807) is 17.0 Å². The summed E-state index contributed by atoms with van der Waals surface area (Å²) in [6.07, 6.45) is 5.61. The van der Waals surface area contributed by atoms with Crippen molar-refractivity contribution in [3.8, 4) is 0 Å². The molecular weight excluding hydrogens is 503 g/mol. The molecular formula is C28H27BrF3NO. The van der Waals surface area contributed by atoms with Gasteiger partial charge in [-0.15, -0.1) is 0 Å². The molecule has 3 aromatic rings. The van der Waals surface area contributed by atoms with Crippen LogP contribution in [0.3, 0.4) is 0 Å². The second-order valence-corrected chi connectivity index (χ2v) is 9.86. The quantitative estimate of drug-likeness (QED) is 0.337. The minimum absolute atomic E-state index is 0.130. The number of aryl methyl sites for hydroxylation is 1. The van der Waals surface area contributed by atoms with Crippen LogP contribution in [0, 0.1) is 23.4 Å². The zero-order valence-electron chi connectivity index (χ0n) is 18.9. The summed E-state index contributed by atoms with van der Waals surface area (Å²) in [5, 5.41) is 0. The molecule has 6 heteroatoms. The van der Waals surface area contributed by atoms with Gasteiger partial charge >= 0.3 is 0 Å². The molecule has 2 nitrogen and oxygen atoms in total. The van der Waals surface area contributed by atoms with Crippen LogP contribution in [0.15, 0.2) is 65.1 Å². The Morgan fingerprint density at radius 3 is 2.38 bits per heavy atom. The van der Waals surface area contributed by atoms with E-state index < -0.39 is 11.6 Å². The van der Waals surface area contributed by atoms with E-state index in [1.807, 2.05) is 24.3 Å². The Labute approximate surface area is 206 Å². The number of amides is 1. The highest BCUT2D eigenvalue weighted by atomic mass is 79.9. The van der Waals surface area contributed by atoms with Crippen molar-refractivity contribution in [2.75, 3.05) is 11.4 Å². The summed E-state index contributed by atoms with van der Waals surface area (Å²) in [5.41, 5.74) is 2.84. The van der Waals surface area contributed by atoms with Crippen molar-refractivity contribution in [2.45, 2.75) is 44.9 Å². The lowest BCUT2D eigenvalue weighted by molar-refractivity contribution is 0.0984. The normalized spacial score (nSPS) is 17.6. The van der Waals surface area contributed by atoms with Gasteiger partial charge in [-0.1, -0.05) is 34.8 Å². The van der Waals surface area contributed by atoms with Crippen molar-refractivity contribution in [1.82, 2.24) is 0 Å². The lowest BCUT2D eigenvalue weighted by atomic mass is 9.88. The van der Waals surface area contributed by atoms with Gasteiger partial charge in [0.25, 0.3) is 5.91 Å². The summed E-state index contributed by atoms with van der Waals surface area (Å²) in [7, 11) is 0. The molecule has 1 atom stereocenters. The fraction of sp³-hybridized carbons (Fsp3) is 0.321. The maximum absolute atomic E-state index is 14.0. The van der Waals surface area contributed by atoms with Crippen LogP contribution in [0.25, 0.3) is 0 Å². The van der Waals surface area contributed by atoms with Crippen LogP contribution in [-0.2, 0) is 12.8 Å². The molecule has 1 unspecified atom stereocenters. The zero-order chi connectivity index (χ0) is 24.1. The van der Waals surface area contributed by atoms with Gasteiger partial charge in [0.15, 0.2) is 11.6 Å². The minimum Gasteiger partial charge on any atom is -0.308 e. The highest BCUT2D eigenvalue weighted by Crippen LogP contribution is 2.27. The number of hydrogen-bond donors (Lipinski definition) is 0. The lowest BCUT2D eigenvalue weighted by Crippen LogP contribution is -2.33. The van der Waals surface area contributed by atoms with Crippen LogP contribution in [0.5, 0.6) is 0 Å². The molecule has 3 aromatic carbocycles. The van der Waals surface area contributed by atoms with E-state index in [9.17, 15) is 18.0 Å². The molecule has 34 heavy (non-hydrogen) atoms. The molecule has 0 aromatic heterocycles. The fourth-order valence-corrected chi connectivity index (χ4v) is 4.99. The van der Waals surface area contributed by atoms with Crippen LogP contribution in [0.1, 0.15) is 53.6 Å². The average Bonchev–Trinajstić information content (AvgIpc) is 2.81. The van der Waals surface area contributed by atoms with Gasteiger partial charge in [0, 0.05) is 22.3 Å². The number of halogens is 4. The van der Waals surface area contributed by atoms with E-state index in [4.69, 9.17) is 0 Å². The summed E-state index contributed by atoms with van der Waals surface area (Å²) < 4.78 is 42.0. The van der Waals surface area contributed by atoms with Gasteiger partial charge < -0.3 is 4.90 Å². The molecule has 4 rings (SSSR count). The van der Waals surface area contributed by atoms with Gasteiger partial charge in [-0.25, -0.2) is 13.2 Å². The molecule has 1 amide bonds. The number of nitrogens with zero attached hydrogens (tertiary/aromatic N) is 1. The monoisotopic (exact) mass is 529 g/mol. The van der Waals surface area contributed by atoms with Gasteiger partial charge in [-0.2, -0.15) is 0 Å². The number of anilines is 1. The number of hydrogen-bond acceptors (Lipinski definition) is 1. The highest BCUT2D eigenvalue weighted by molar-refractivity contribution is 9.10. The molecule has 1 aliphatic rings. The standard InChI is InChI=1S/C28H27BrF3NO/c29-22-8-11-24(12-9-22)33-15-3-5-19(16-20-7-14-26(31)27(32)17-20)4-1-2-6-21-18-23(30)10-13-25(21)28(33)34/h7-14,17-19H,1-6,15-16H2. The van der Waals surface area contributed by atoms with Crippen LogP contribution in [0.2, 0.25) is 0 Å². The highest BCUT2D eigenvalue weighted by Gasteiger charge is 2.22. The maximum Gasteiger partial charge on any atom is 0.258 e. The number of carbonyl (C=O) groups is 1. The van der Waals surface area contributed by atoms with E-state index >= 15 is 0 Å². The minimum atomic E-state index is -0.836. The molecule has 178 valence electrons. The Morgan fingerprint density at radius 1 is 0.853 bits per heavy atom. The first-order chi connectivity index (χ1) is 16.4. The number of benzene rings is 3. The largest absolute Gasteiger partial charge is 0.308 e. The molecule has 0 fully saturated rings. The summed E-state index contributed by atoms with van der Waals surface area (Å²) in [6, 6.07) is 16.1. The third-order valence-electron chi connectivity index (χ3n) is 6.49. The topological polar surface area (TPSA) is 20.3 Å². The van der Waals surface area contributed by atoms with Crippen molar-refractivity contribution in [3.63, 3.8) is 0 Å². The van der Waals surface area contributed by atoms with Crippen molar-refractivity contribution in [2.24, 2.45) is 5.92 Å². The lowest BCUT2D eigenvalue weighted by Gasteiger charge is -2.26. The Morgan fingerprint density at radius 2 is 1.62 bits per heavy atom. The first-order valence-electron chi connectivity index (χ1n) is 11.7. The predicted octanol–water partition coefficient (Wildman–Crippen LogP) is 7.88. The van der Waals surface area contributed by atoms with E-state index in [-0.39, 0.29) is 17.6 Å². The predicted molar refractivity (Wildman–Crippen MR) is 133 cm³/mol. The first kappa shape index (κ1) is 24.5. The smallest absolute Gasteiger partial charge is 0.258 e. The molecule has 1 heterocycles. The van der Waals surface area contributed by atoms with E-state index in [0.29, 0.717) is 24.9 Å². The summed E-state index contributed by atoms with van der Waals surface area (Å²) in [4.78, 5) is 15.4. The van der Waals surface area contributed by atoms with Crippen molar-refractivity contribution >= 4 is 27.5 Å². The Bertz CT molecular complexity index is 1150. The number of fused-ring (bicyclic) bond motifs is 1. The van der Waals surface area contributed by atoms with Crippen molar-refractivity contribution in [3.05, 3.63) is 99.3 Å². The maximum atomic E-state index is 14.0. The molecule has 0 saturated heterocycles. The van der Waals surface area contributed by atoms with Gasteiger partial charge in [0.2, 0.25) is 0 Å². The molecule has 0 saturated carbocycles. The second-order valence-electron chi connectivity index (χ2n) is 8.94. The third-order valence-corrected chi connectivity index (χ3v) is 7.02. The van der Waals surface area contributed by atoms with Crippen molar-refractivity contribution in [1.29, 1.82) is 0 Å². The summed E-state index contributed by atoms with van der Waals surface area (Å²) in [6.45, 7) is 0.519. The molecule has 0 N–H and O–H groups in total. The second kappa shape index (κ2) is 11.2. The molecule has 0 radical (unpaired) electrons. The van der Waals surface area contributed by atoms with Gasteiger partial charge in [0.1, 0.15) is 5.82 Å². The number of rotatable bonds is 3. The van der Waals surface area contributed by atoms with Crippen LogP contribution >= 0.6 is 15.9 Å². The zero-order valence-corrected chi connectivity index (χ0v) is 20.5. The van der Waals surface area contributed by atoms with Crippen LogP contribution in [0.4, 0.5) is 18.9 Å². The molecule has 0 aliphatic carbocycles. The van der Waals surface area contributed by atoms with E-state index in [2.05, 4.69) is 15.9 Å².